The monoisotopic (exact) mass is 247 g/mol. The second-order valence-electron chi connectivity index (χ2n) is 3.34. The van der Waals surface area contributed by atoms with Gasteiger partial charge in [-0.05, 0) is 25.3 Å². The van der Waals surface area contributed by atoms with Crippen molar-refractivity contribution in [3.63, 3.8) is 0 Å². The average molecular weight is 248 g/mol. The molecule has 0 aromatic rings. The largest absolute Gasteiger partial charge is 0.457 e. The molecule has 2 N–H and O–H groups in total. The van der Waals surface area contributed by atoms with E-state index in [0.717, 1.165) is 5.57 Å². The maximum Gasteiger partial charge on any atom is 0.321 e. The van der Waals surface area contributed by atoms with Gasteiger partial charge in [-0.3, -0.25) is 9.59 Å². The summed E-state index contributed by atoms with van der Waals surface area (Å²) in [6.07, 6.45) is 0.683. The summed E-state index contributed by atoms with van der Waals surface area (Å²) in [5.41, 5.74) is 6.54. The third-order valence-corrected chi connectivity index (χ3v) is 2.55. The van der Waals surface area contributed by atoms with E-state index in [0.29, 0.717) is 18.4 Å². The van der Waals surface area contributed by atoms with Gasteiger partial charge in [0.15, 0.2) is 0 Å². The van der Waals surface area contributed by atoms with E-state index in [1.165, 1.54) is 0 Å². The molecule has 0 aliphatic carbocycles. The Labute approximate surface area is 101 Å². The Bertz CT molecular complexity index is 300. The molecule has 0 aromatic heterocycles. The van der Waals surface area contributed by atoms with E-state index in [-0.39, 0.29) is 5.88 Å². The second-order valence-corrected chi connectivity index (χ2v) is 3.61. The van der Waals surface area contributed by atoms with Crippen LogP contribution in [0.3, 0.4) is 0 Å². The topological polar surface area (TPSA) is 69.4 Å². The Morgan fingerprint density at radius 2 is 1.88 bits per heavy atom. The number of alkyl halides is 1. The lowest BCUT2D eigenvalue weighted by Crippen LogP contribution is -2.23. The summed E-state index contributed by atoms with van der Waals surface area (Å²) in [7, 11) is 0. The highest BCUT2D eigenvalue weighted by molar-refractivity contribution is 6.26. The van der Waals surface area contributed by atoms with Crippen LogP contribution in [-0.2, 0) is 14.3 Å². The molecular weight excluding hydrogens is 230 g/mol. The molecule has 1 amide bonds. The second kappa shape index (κ2) is 7.28. The molecule has 92 valence electrons. The summed E-state index contributed by atoms with van der Waals surface area (Å²) in [5.74, 6) is -1.16. The first kappa shape index (κ1) is 15.0. The van der Waals surface area contributed by atoms with E-state index in [1.54, 1.807) is 6.92 Å². The van der Waals surface area contributed by atoms with Crippen molar-refractivity contribution in [2.24, 2.45) is 5.73 Å². The van der Waals surface area contributed by atoms with Gasteiger partial charge in [0.2, 0.25) is 5.91 Å². The molecule has 1 atom stereocenters. The normalized spacial score (nSPS) is 14.0. The first-order valence-corrected chi connectivity index (χ1v) is 5.78. The number of primary amides is 1. The minimum atomic E-state index is -0.500. The maximum atomic E-state index is 11.2. The van der Waals surface area contributed by atoms with E-state index in [1.807, 2.05) is 13.8 Å². The lowest BCUT2D eigenvalue weighted by molar-refractivity contribution is -0.143. The Hall–Kier alpha value is -1.03. The van der Waals surface area contributed by atoms with Crippen LogP contribution in [0.4, 0.5) is 0 Å². The molecule has 4 nitrogen and oxygen atoms in total. The third kappa shape index (κ3) is 4.23. The molecule has 0 spiro atoms. The molecule has 16 heavy (non-hydrogen) atoms. The average Bonchev–Trinajstić information content (AvgIpc) is 2.24. The summed E-state index contributed by atoms with van der Waals surface area (Å²) in [4.78, 5) is 22.2. The standard InChI is InChI=1S/C11H18ClNO3/c1-4-8(9(5-2)11(13)15)7(3)16-10(14)6-12/h7H,4-6H2,1-3H3,(H2,13,15)/b9-8+. The van der Waals surface area contributed by atoms with Crippen LogP contribution in [0.2, 0.25) is 0 Å². The van der Waals surface area contributed by atoms with E-state index < -0.39 is 18.0 Å². The van der Waals surface area contributed by atoms with E-state index >= 15 is 0 Å². The lowest BCUT2D eigenvalue weighted by atomic mass is 9.98. The van der Waals surface area contributed by atoms with Crippen LogP contribution in [-0.4, -0.2) is 23.9 Å². The van der Waals surface area contributed by atoms with Crippen molar-refractivity contribution >= 4 is 23.5 Å². The fourth-order valence-electron chi connectivity index (χ4n) is 1.61. The zero-order valence-corrected chi connectivity index (χ0v) is 10.6. The zero-order valence-electron chi connectivity index (χ0n) is 9.88. The van der Waals surface area contributed by atoms with Gasteiger partial charge in [-0.1, -0.05) is 13.8 Å². The smallest absolute Gasteiger partial charge is 0.321 e. The highest BCUT2D eigenvalue weighted by Crippen LogP contribution is 2.18. The fourth-order valence-corrected chi connectivity index (χ4v) is 1.67. The third-order valence-electron chi connectivity index (χ3n) is 2.33. The molecule has 0 saturated heterocycles. The molecule has 0 radical (unpaired) electrons. The Morgan fingerprint density at radius 1 is 1.31 bits per heavy atom. The van der Waals surface area contributed by atoms with Crippen molar-refractivity contribution < 1.29 is 14.3 Å². The van der Waals surface area contributed by atoms with Crippen LogP contribution in [0.15, 0.2) is 11.1 Å². The minimum Gasteiger partial charge on any atom is -0.457 e. The van der Waals surface area contributed by atoms with Gasteiger partial charge in [0.05, 0.1) is 0 Å². The van der Waals surface area contributed by atoms with Crippen molar-refractivity contribution in [1.82, 2.24) is 0 Å². The molecule has 5 heteroatoms. The van der Waals surface area contributed by atoms with Gasteiger partial charge in [0.1, 0.15) is 12.0 Å². The van der Waals surface area contributed by atoms with Crippen LogP contribution in [0.25, 0.3) is 0 Å². The molecule has 0 saturated carbocycles. The summed E-state index contributed by atoms with van der Waals surface area (Å²) in [6.45, 7) is 5.44. The highest BCUT2D eigenvalue weighted by Gasteiger charge is 2.18. The van der Waals surface area contributed by atoms with Gasteiger partial charge in [0.25, 0.3) is 0 Å². The van der Waals surface area contributed by atoms with E-state index in [4.69, 9.17) is 22.1 Å². The SMILES string of the molecule is CC/C(C(N)=O)=C(/CC)C(C)OC(=O)CCl. The number of rotatable bonds is 6. The predicted molar refractivity (Wildman–Crippen MR) is 63.1 cm³/mol. The number of ether oxygens (including phenoxy) is 1. The molecule has 1 unspecified atom stereocenters. The summed E-state index contributed by atoms with van der Waals surface area (Å²) < 4.78 is 5.05. The summed E-state index contributed by atoms with van der Waals surface area (Å²) in [6, 6.07) is 0. The Balaban J connectivity index is 4.95. The minimum absolute atomic E-state index is 0.195. The number of halogens is 1. The van der Waals surface area contributed by atoms with Crippen LogP contribution in [0, 0.1) is 0 Å². The van der Waals surface area contributed by atoms with Crippen LogP contribution >= 0.6 is 11.6 Å². The lowest BCUT2D eigenvalue weighted by Gasteiger charge is -2.18. The number of esters is 1. The fraction of sp³-hybridized carbons (Fsp3) is 0.636. The van der Waals surface area contributed by atoms with Crippen molar-refractivity contribution in [3.05, 3.63) is 11.1 Å². The van der Waals surface area contributed by atoms with Gasteiger partial charge in [0, 0.05) is 5.57 Å². The number of hydrogen-bond acceptors (Lipinski definition) is 3. The zero-order chi connectivity index (χ0) is 12.7. The van der Waals surface area contributed by atoms with Crippen molar-refractivity contribution in [1.29, 1.82) is 0 Å². The maximum absolute atomic E-state index is 11.2. The van der Waals surface area contributed by atoms with Crippen LogP contribution in [0.5, 0.6) is 0 Å². The number of amides is 1. The number of hydrogen-bond donors (Lipinski definition) is 1. The van der Waals surface area contributed by atoms with Crippen LogP contribution < -0.4 is 5.73 Å². The number of carbonyl (C=O) groups is 2. The van der Waals surface area contributed by atoms with Gasteiger partial charge >= 0.3 is 5.97 Å². The van der Waals surface area contributed by atoms with Gasteiger partial charge in [-0.2, -0.15) is 0 Å². The molecular formula is C11H18ClNO3. The van der Waals surface area contributed by atoms with E-state index in [2.05, 4.69) is 0 Å². The quantitative estimate of drug-likeness (QED) is 0.442. The highest BCUT2D eigenvalue weighted by atomic mass is 35.5. The van der Waals surface area contributed by atoms with Crippen molar-refractivity contribution in [2.45, 2.75) is 39.7 Å². The molecule has 0 aromatic carbocycles. The van der Waals surface area contributed by atoms with Gasteiger partial charge < -0.3 is 10.5 Å². The molecule has 0 aliphatic heterocycles. The van der Waals surface area contributed by atoms with Crippen molar-refractivity contribution in [3.8, 4) is 0 Å². The van der Waals surface area contributed by atoms with Gasteiger partial charge in [-0.25, -0.2) is 0 Å². The Kier molecular flexibility index (Phi) is 6.81. The Morgan fingerprint density at radius 3 is 2.19 bits per heavy atom. The first-order valence-electron chi connectivity index (χ1n) is 5.24. The molecule has 0 bridgehead atoms. The molecule has 0 rings (SSSR count). The molecule has 0 fully saturated rings. The number of carbonyl (C=O) groups excluding carboxylic acids is 2. The summed E-state index contributed by atoms with van der Waals surface area (Å²) >= 11 is 5.34. The first-order chi connectivity index (χ1) is 7.47. The predicted octanol–water partition coefficient (Wildman–Crippen LogP) is 1.76. The van der Waals surface area contributed by atoms with E-state index in [9.17, 15) is 9.59 Å². The van der Waals surface area contributed by atoms with Gasteiger partial charge in [-0.15, -0.1) is 11.6 Å². The molecule has 0 heterocycles. The van der Waals surface area contributed by atoms with Crippen molar-refractivity contribution in [2.75, 3.05) is 5.88 Å². The molecule has 0 aliphatic rings. The van der Waals surface area contributed by atoms with Crippen LogP contribution in [0.1, 0.15) is 33.6 Å². The number of nitrogens with two attached hydrogens (primary N) is 1. The summed E-state index contributed by atoms with van der Waals surface area (Å²) in [5, 5.41) is 0.